The molecule has 0 radical (unpaired) electrons. The van der Waals surface area contributed by atoms with Gasteiger partial charge in [-0.3, -0.25) is 9.19 Å². The van der Waals surface area contributed by atoms with Crippen LogP contribution < -0.4 is 9.47 Å². The van der Waals surface area contributed by atoms with Crippen molar-refractivity contribution in [3.8, 4) is 11.5 Å². The Morgan fingerprint density at radius 3 is 2.74 bits per heavy atom. The Bertz CT molecular complexity index is 988. The molecule has 0 aliphatic heterocycles. The molecule has 0 amide bonds. The van der Waals surface area contributed by atoms with E-state index in [1.807, 2.05) is 0 Å². The summed E-state index contributed by atoms with van der Waals surface area (Å²) in [6.45, 7) is 0.181. The van der Waals surface area contributed by atoms with Crippen LogP contribution in [-0.4, -0.2) is 39.1 Å². The maximum atomic E-state index is 12.6. The summed E-state index contributed by atoms with van der Waals surface area (Å²) in [6, 6.07) is 6.56. The van der Waals surface area contributed by atoms with E-state index in [0.717, 1.165) is 0 Å². The number of benzene rings is 1. The molecule has 0 bridgehead atoms. The van der Waals surface area contributed by atoms with Crippen molar-refractivity contribution in [1.82, 2.24) is 15.0 Å². The minimum atomic E-state index is -4.44. The molecule has 10 heteroatoms. The minimum absolute atomic E-state index is 0.00793. The first kappa shape index (κ1) is 19.2. The van der Waals surface area contributed by atoms with Gasteiger partial charge in [0.15, 0.2) is 11.8 Å². The lowest BCUT2D eigenvalue weighted by molar-refractivity contribution is -0.153. The standard InChI is InChI=1S/C17H16F3N3O3S/c1-10-14(21-6-5-15(10)26-9-17(18,19)20)8-27(24)16-22-12-4-3-11(25-2)7-13(12)23-16/h3-7H,8-9H2,1-2H3,(H,22,23). The van der Waals surface area contributed by atoms with Crippen molar-refractivity contribution >= 4 is 21.8 Å². The number of aromatic amines is 1. The summed E-state index contributed by atoms with van der Waals surface area (Å²) in [6.07, 6.45) is -3.11. The van der Waals surface area contributed by atoms with Gasteiger partial charge in [-0.2, -0.15) is 13.2 Å². The maximum absolute atomic E-state index is 12.6. The number of methoxy groups -OCH3 is 1. The number of imidazole rings is 1. The fourth-order valence-corrected chi connectivity index (χ4v) is 3.51. The number of halogens is 3. The van der Waals surface area contributed by atoms with Gasteiger partial charge < -0.3 is 14.5 Å². The number of H-pyrrole nitrogens is 1. The van der Waals surface area contributed by atoms with Gasteiger partial charge in [-0.25, -0.2) is 4.98 Å². The van der Waals surface area contributed by atoms with Gasteiger partial charge in [0, 0.05) is 17.8 Å². The summed E-state index contributed by atoms with van der Waals surface area (Å²) < 4.78 is 59.6. The molecule has 0 saturated carbocycles. The zero-order valence-electron chi connectivity index (χ0n) is 14.5. The van der Waals surface area contributed by atoms with E-state index < -0.39 is 23.6 Å². The van der Waals surface area contributed by atoms with Crippen LogP contribution in [0.2, 0.25) is 0 Å². The first-order valence-corrected chi connectivity index (χ1v) is 9.15. The van der Waals surface area contributed by atoms with Crippen LogP contribution in [0.3, 0.4) is 0 Å². The van der Waals surface area contributed by atoms with Crippen molar-refractivity contribution < 1.29 is 26.9 Å². The van der Waals surface area contributed by atoms with Gasteiger partial charge in [-0.15, -0.1) is 0 Å². The number of hydrogen-bond donors (Lipinski definition) is 1. The van der Waals surface area contributed by atoms with Crippen molar-refractivity contribution in [1.29, 1.82) is 0 Å². The lowest BCUT2D eigenvalue weighted by Gasteiger charge is -2.13. The van der Waals surface area contributed by atoms with Crippen LogP contribution in [-0.2, 0) is 16.6 Å². The zero-order valence-corrected chi connectivity index (χ0v) is 15.3. The number of pyridine rings is 1. The summed E-state index contributed by atoms with van der Waals surface area (Å²) in [7, 11) is -0.0224. The van der Waals surface area contributed by atoms with Crippen LogP contribution in [0.25, 0.3) is 11.0 Å². The minimum Gasteiger partial charge on any atom is -0.497 e. The molecule has 0 saturated heterocycles. The molecule has 0 fully saturated rings. The van der Waals surface area contributed by atoms with Gasteiger partial charge in [0.25, 0.3) is 0 Å². The summed E-state index contributed by atoms with van der Waals surface area (Å²) in [5.41, 5.74) is 2.09. The van der Waals surface area contributed by atoms with E-state index in [9.17, 15) is 17.4 Å². The van der Waals surface area contributed by atoms with Crippen LogP contribution in [0, 0.1) is 6.92 Å². The van der Waals surface area contributed by atoms with E-state index in [1.54, 1.807) is 32.2 Å². The Morgan fingerprint density at radius 1 is 1.26 bits per heavy atom. The third-order valence-electron chi connectivity index (χ3n) is 3.80. The Balaban J connectivity index is 1.79. The molecule has 1 aromatic carbocycles. The second kappa shape index (κ2) is 7.55. The summed E-state index contributed by atoms with van der Waals surface area (Å²) in [5, 5.41) is 0.251. The van der Waals surface area contributed by atoms with Gasteiger partial charge >= 0.3 is 6.18 Å². The smallest absolute Gasteiger partial charge is 0.422 e. The van der Waals surface area contributed by atoms with E-state index in [-0.39, 0.29) is 16.7 Å². The molecule has 0 aliphatic rings. The first-order chi connectivity index (χ1) is 12.8. The fourth-order valence-electron chi connectivity index (χ4n) is 2.41. The Morgan fingerprint density at radius 2 is 2.04 bits per heavy atom. The highest BCUT2D eigenvalue weighted by Gasteiger charge is 2.29. The van der Waals surface area contributed by atoms with Gasteiger partial charge in [0.05, 0.1) is 40.4 Å². The van der Waals surface area contributed by atoms with Crippen LogP contribution in [0.1, 0.15) is 11.3 Å². The molecule has 0 spiro atoms. The van der Waals surface area contributed by atoms with Crippen molar-refractivity contribution in [2.45, 2.75) is 24.0 Å². The molecule has 144 valence electrons. The van der Waals surface area contributed by atoms with Gasteiger partial charge in [-0.05, 0) is 25.1 Å². The number of nitrogens with one attached hydrogen (secondary N) is 1. The average molecular weight is 399 g/mol. The third kappa shape index (κ3) is 4.57. The van der Waals surface area contributed by atoms with Crippen molar-refractivity contribution in [3.05, 3.63) is 41.7 Å². The Labute approximate surface area is 155 Å². The predicted molar refractivity (Wildman–Crippen MR) is 93.3 cm³/mol. The molecule has 2 heterocycles. The second-order valence-corrected chi connectivity index (χ2v) is 7.07. The molecular formula is C17H16F3N3O3S. The molecule has 27 heavy (non-hydrogen) atoms. The van der Waals surface area contributed by atoms with E-state index in [1.165, 1.54) is 12.3 Å². The molecule has 6 nitrogen and oxygen atoms in total. The number of ether oxygens (including phenoxy) is 2. The lowest BCUT2D eigenvalue weighted by atomic mass is 10.2. The van der Waals surface area contributed by atoms with Crippen LogP contribution in [0.15, 0.2) is 35.6 Å². The highest BCUT2D eigenvalue weighted by molar-refractivity contribution is 7.84. The number of alkyl halides is 3. The molecule has 3 aromatic rings. The number of aromatic nitrogens is 3. The topological polar surface area (TPSA) is 77.1 Å². The SMILES string of the molecule is COc1ccc2nc(S(=O)Cc3nccc(OCC(F)(F)F)c3C)[nH]c2c1. The zero-order chi connectivity index (χ0) is 19.6. The number of rotatable bonds is 6. The average Bonchev–Trinajstić information content (AvgIpc) is 3.05. The van der Waals surface area contributed by atoms with E-state index in [0.29, 0.717) is 28.0 Å². The van der Waals surface area contributed by atoms with Crippen molar-refractivity contribution in [2.75, 3.05) is 13.7 Å². The lowest BCUT2D eigenvalue weighted by Crippen LogP contribution is -2.19. The highest BCUT2D eigenvalue weighted by Crippen LogP contribution is 2.25. The number of hydrogen-bond acceptors (Lipinski definition) is 5. The fraction of sp³-hybridized carbons (Fsp3) is 0.294. The summed E-state index contributed by atoms with van der Waals surface area (Å²) in [4.78, 5) is 11.4. The summed E-state index contributed by atoms with van der Waals surface area (Å²) >= 11 is 0. The second-order valence-electron chi connectivity index (χ2n) is 5.70. The molecule has 2 aromatic heterocycles. The predicted octanol–water partition coefficient (Wildman–Crippen LogP) is 3.52. The van der Waals surface area contributed by atoms with E-state index >= 15 is 0 Å². The number of nitrogens with zero attached hydrogens (tertiary/aromatic N) is 2. The Hall–Kier alpha value is -2.62. The van der Waals surface area contributed by atoms with E-state index in [2.05, 4.69) is 15.0 Å². The van der Waals surface area contributed by atoms with Crippen LogP contribution in [0.4, 0.5) is 13.2 Å². The monoisotopic (exact) mass is 399 g/mol. The maximum Gasteiger partial charge on any atom is 0.422 e. The van der Waals surface area contributed by atoms with Crippen LogP contribution >= 0.6 is 0 Å². The van der Waals surface area contributed by atoms with Crippen LogP contribution in [0.5, 0.6) is 11.5 Å². The van der Waals surface area contributed by atoms with Crippen molar-refractivity contribution in [2.24, 2.45) is 0 Å². The molecule has 1 unspecified atom stereocenters. The number of fused-ring (bicyclic) bond motifs is 1. The molecule has 1 atom stereocenters. The third-order valence-corrected chi connectivity index (χ3v) is 4.96. The van der Waals surface area contributed by atoms with Gasteiger partial charge in [0.1, 0.15) is 11.5 Å². The van der Waals surface area contributed by atoms with E-state index in [4.69, 9.17) is 9.47 Å². The molecule has 0 aliphatic carbocycles. The van der Waals surface area contributed by atoms with Crippen molar-refractivity contribution in [3.63, 3.8) is 0 Å². The summed E-state index contributed by atoms with van der Waals surface area (Å²) in [5.74, 6) is 0.686. The first-order valence-electron chi connectivity index (χ1n) is 7.83. The molecule has 3 rings (SSSR count). The quantitative estimate of drug-likeness (QED) is 0.686. The van der Waals surface area contributed by atoms with Gasteiger partial charge in [-0.1, -0.05) is 0 Å². The highest BCUT2D eigenvalue weighted by atomic mass is 32.2. The normalized spacial score (nSPS) is 12.9. The van der Waals surface area contributed by atoms with Gasteiger partial charge in [0.2, 0.25) is 0 Å². The largest absolute Gasteiger partial charge is 0.497 e. The molecular weight excluding hydrogens is 383 g/mol. The Kier molecular flexibility index (Phi) is 5.36. The molecule has 1 N–H and O–H groups in total.